The van der Waals surface area contributed by atoms with Crippen LogP contribution >= 0.6 is 22.9 Å². The first-order valence-corrected chi connectivity index (χ1v) is 7.59. The number of benzene rings is 1. The van der Waals surface area contributed by atoms with Gasteiger partial charge in [0, 0.05) is 28.4 Å². The van der Waals surface area contributed by atoms with Crippen LogP contribution in [-0.2, 0) is 5.41 Å². The highest BCUT2D eigenvalue weighted by Crippen LogP contribution is 2.55. The Morgan fingerprint density at radius 3 is 2.41 bits per heavy atom. The number of aliphatic hydroxyl groups is 1. The number of rotatable bonds is 2. The second-order valence-electron chi connectivity index (χ2n) is 6.07. The second kappa shape index (κ2) is 5.48. The Labute approximate surface area is 139 Å². The lowest BCUT2D eigenvalue weighted by atomic mass is 9.63. The number of alkyl halides is 3. The van der Waals surface area contributed by atoms with Gasteiger partial charge in [-0.25, -0.2) is 4.39 Å². The van der Waals surface area contributed by atoms with Crippen molar-refractivity contribution in [2.45, 2.75) is 43.5 Å². The molecule has 0 aromatic heterocycles. The summed E-state index contributed by atoms with van der Waals surface area (Å²) in [6, 6.07) is 0.906. The van der Waals surface area contributed by atoms with Crippen molar-refractivity contribution in [3.05, 3.63) is 29.1 Å². The van der Waals surface area contributed by atoms with Crippen molar-refractivity contribution in [1.82, 2.24) is 3.53 Å². The first-order valence-electron chi connectivity index (χ1n) is 6.51. The summed E-state index contributed by atoms with van der Waals surface area (Å²) in [6.45, 7) is 3.07. The molecule has 0 bridgehead atoms. The molecule has 22 heavy (non-hydrogen) atoms. The Bertz CT molecular complexity index is 591. The molecule has 124 valence electrons. The van der Waals surface area contributed by atoms with Crippen LogP contribution in [0, 0.1) is 5.82 Å². The molecule has 0 fully saturated rings. The van der Waals surface area contributed by atoms with Crippen molar-refractivity contribution in [1.29, 1.82) is 0 Å². The number of fused-ring (bicyclic) bond motifs is 1. The lowest BCUT2D eigenvalue weighted by Crippen LogP contribution is -2.58. The predicted octanol–water partition coefficient (Wildman–Crippen LogP) is 3.79. The Kier molecular flexibility index (Phi) is 4.42. The Morgan fingerprint density at radius 1 is 1.36 bits per heavy atom. The average molecular weight is 433 g/mol. The molecule has 8 heteroatoms. The van der Waals surface area contributed by atoms with Crippen LogP contribution in [0.3, 0.4) is 0 Å². The number of hydrogen-bond acceptors (Lipinski definition) is 3. The van der Waals surface area contributed by atoms with Crippen molar-refractivity contribution in [2.24, 2.45) is 0 Å². The fourth-order valence-corrected chi connectivity index (χ4v) is 4.10. The van der Waals surface area contributed by atoms with Gasteiger partial charge in [-0.1, -0.05) is 19.9 Å². The van der Waals surface area contributed by atoms with Gasteiger partial charge in [0.15, 0.2) is 17.2 Å². The van der Waals surface area contributed by atoms with E-state index in [-0.39, 0.29) is 11.3 Å². The van der Waals surface area contributed by atoms with E-state index in [1.807, 2.05) is 0 Å². The first kappa shape index (κ1) is 17.7. The second-order valence-corrected chi connectivity index (χ2v) is 6.69. The molecule has 0 radical (unpaired) electrons. The van der Waals surface area contributed by atoms with E-state index >= 15 is 0 Å². The molecule has 2 rings (SSSR count). The monoisotopic (exact) mass is 433 g/mol. The maximum absolute atomic E-state index is 13.9. The zero-order valence-corrected chi connectivity index (χ0v) is 14.3. The number of nitrogens with one attached hydrogen (secondary N) is 1. The zero-order chi connectivity index (χ0) is 16.9. The van der Waals surface area contributed by atoms with Crippen LogP contribution in [0.25, 0.3) is 0 Å². The topological polar surface area (TPSA) is 41.5 Å². The van der Waals surface area contributed by atoms with E-state index in [0.29, 0.717) is 5.56 Å². The minimum absolute atomic E-state index is 0.0802. The maximum Gasteiger partial charge on any atom is 0.419 e. The molecule has 3 nitrogen and oxygen atoms in total. The highest BCUT2D eigenvalue weighted by atomic mass is 127. The van der Waals surface area contributed by atoms with Gasteiger partial charge in [-0.3, -0.25) is 3.53 Å². The van der Waals surface area contributed by atoms with Gasteiger partial charge in [0.2, 0.25) is 0 Å². The molecule has 1 aliphatic carbocycles. The molecule has 0 heterocycles. The van der Waals surface area contributed by atoms with Gasteiger partial charge in [-0.05, 0) is 23.5 Å². The van der Waals surface area contributed by atoms with Gasteiger partial charge >= 0.3 is 6.18 Å². The van der Waals surface area contributed by atoms with E-state index in [2.05, 4.69) is 3.53 Å². The minimum Gasteiger partial charge on any atom is -0.493 e. The molecule has 2 atom stereocenters. The lowest BCUT2D eigenvalue weighted by Gasteiger charge is -2.48. The van der Waals surface area contributed by atoms with E-state index < -0.39 is 35.5 Å². The summed E-state index contributed by atoms with van der Waals surface area (Å²) in [7, 11) is 1.27. The van der Waals surface area contributed by atoms with Gasteiger partial charge in [-0.2, -0.15) is 13.2 Å². The highest BCUT2D eigenvalue weighted by Gasteiger charge is 2.64. The van der Waals surface area contributed by atoms with Crippen LogP contribution in [0.4, 0.5) is 17.6 Å². The summed E-state index contributed by atoms with van der Waals surface area (Å²) in [5.74, 6) is -0.720. The summed E-state index contributed by atoms with van der Waals surface area (Å²) in [6.07, 6.45) is -5.43. The summed E-state index contributed by atoms with van der Waals surface area (Å²) in [5, 5.41) is 10.4. The highest BCUT2D eigenvalue weighted by molar-refractivity contribution is 14.1. The van der Waals surface area contributed by atoms with Crippen LogP contribution in [0.15, 0.2) is 12.1 Å². The van der Waals surface area contributed by atoms with Crippen molar-refractivity contribution in [3.63, 3.8) is 0 Å². The fourth-order valence-electron chi connectivity index (χ4n) is 3.25. The molecule has 0 saturated heterocycles. The van der Waals surface area contributed by atoms with Crippen LogP contribution < -0.4 is 8.27 Å². The van der Waals surface area contributed by atoms with Gasteiger partial charge in [0.1, 0.15) is 0 Å². The first-order chi connectivity index (χ1) is 9.99. The quantitative estimate of drug-likeness (QED) is 0.424. The Morgan fingerprint density at radius 2 is 1.95 bits per heavy atom. The van der Waals surface area contributed by atoms with Crippen LogP contribution in [0.1, 0.15) is 37.4 Å². The molecular formula is C14H16F4INO2. The number of halogens is 5. The van der Waals surface area contributed by atoms with E-state index in [1.54, 1.807) is 22.9 Å². The van der Waals surface area contributed by atoms with E-state index in [4.69, 9.17) is 4.74 Å². The molecule has 0 aliphatic heterocycles. The normalized spacial score (nSPS) is 27.4. The zero-order valence-electron chi connectivity index (χ0n) is 12.2. The third-order valence-corrected chi connectivity index (χ3v) is 4.75. The third kappa shape index (κ3) is 2.48. The molecular weight excluding hydrogens is 417 g/mol. The van der Waals surface area contributed by atoms with E-state index in [0.717, 1.165) is 6.07 Å². The van der Waals surface area contributed by atoms with Crippen molar-refractivity contribution in [3.8, 4) is 5.75 Å². The molecule has 2 unspecified atom stereocenters. The molecule has 0 amide bonds. The molecule has 1 aliphatic rings. The molecule has 0 saturated carbocycles. The largest absolute Gasteiger partial charge is 0.493 e. The van der Waals surface area contributed by atoms with Crippen molar-refractivity contribution in [2.75, 3.05) is 7.11 Å². The molecule has 1 aromatic carbocycles. The summed E-state index contributed by atoms with van der Waals surface area (Å²) in [4.78, 5) is 0. The van der Waals surface area contributed by atoms with Crippen LogP contribution in [-0.4, -0.2) is 24.0 Å². The van der Waals surface area contributed by atoms with Gasteiger partial charge in [0.05, 0.1) is 13.2 Å². The van der Waals surface area contributed by atoms with Crippen molar-refractivity contribution < 1.29 is 27.4 Å². The average Bonchev–Trinajstić information content (AvgIpc) is 2.37. The lowest BCUT2D eigenvalue weighted by molar-refractivity contribution is -0.279. The number of hydrogen-bond donors (Lipinski definition) is 2. The fraction of sp³-hybridized carbons (Fsp3) is 0.571. The van der Waals surface area contributed by atoms with E-state index in [9.17, 15) is 22.7 Å². The van der Waals surface area contributed by atoms with Crippen molar-refractivity contribution >= 4 is 22.9 Å². The van der Waals surface area contributed by atoms with Crippen LogP contribution in [0.5, 0.6) is 5.75 Å². The van der Waals surface area contributed by atoms with Gasteiger partial charge in [-0.15, -0.1) is 0 Å². The van der Waals surface area contributed by atoms with E-state index in [1.165, 1.54) is 27.0 Å². The Balaban J connectivity index is 2.78. The molecule has 0 spiro atoms. The molecule has 2 N–H and O–H groups in total. The van der Waals surface area contributed by atoms with Gasteiger partial charge in [0.25, 0.3) is 0 Å². The standard InChI is InChI=1S/C14H16F4INO2/c1-12(2)6-13(21,14(16,17)18)11(20-19)7-4-5-8(15)10(22-3)9(7)12/h4-5,11,20-21H,6H2,1-3H3. The SMILES string of the molecule is COc1c(F)ccc2c1C(C)(C)CC(O)(C(F)(F)F)C2NI. The Hall–Kier alpha value is -0.610. The predicted molar refractivity (Wildman–Crippen MR) is 81.5 cm³/mol. The number of ether oxygens (including phenoxy) is 1. The van der Waals surface area contributed by atoms with Crippen LogP contribution in [0.2, 0.25) is 0 Å². The summed E-state index contributed by atoms with van der Waals surface area (Å²) in [5.41, 5.74) is -3.54. The molecule has 1 aromatic rings. The summed E-state index contributed by atoms with van der Waals surface area (Å²) >= 11 is 1.57. The third-order valence-electron chi connectivity index (χ3n) is 4.12. The van der Waals surface area contributed by atoms with Gasteiger partial charge < -0.3 is 9.84 Å². The maximum atomic E-state index is 13.9. The smallest absolute Gasteiger partial charge is 0.419 e. The minimum atomic E-state index is -4.83. The summed E-state index contributed by atoms with van der Waals surface area (Å²) < 4.78 is 61.9. The number of methoxy groups -OCH3 is 1.